The Morgan fingerprint density at radius 3 is 1.86 bits per heavy atom. The van der Waals surface area contributed by atoms with Gasteiger partial charge in [-0.05, 0) is 94.4 Å². The first-order valence-electron chi connectivity index (χ1n) is 15.7. The largest absolute Gasteiger partial charge is 0.0610 e. The van der Waals surface area contributed by atoms with Crippen LogP contribution in [0.4, 0.5) is 0 Å². The number of rotatable bonds is 4. The lowest BCUT2D eigenvalue weighted by Gasteiger charge is -2.29. The molecular weight excluding hydrogens is 516 g/mol. The van der Waals surface area contributed by atoms with Crippen molar-refractivity contribution in [1.82, 2.24) is 0 Å². The molecule has 7 aromatic rings. The quantitative estimate of drug-likeness (QED) is 0.190. The van der Waals surface area contributed by atoms with Gasteiger partial charge in [0.2, 0.25) is 0 Å². The van der Waals surface area contributed by atoms with E-state index in [-0.39, 0.29) is 10.8 Å². The maximum atomic E-state index is 2.49. The molecule has 0 unspecified atom stereocenters. The van der Waals surface area contributed by atoms with Crippen molar-refractivity contribution in [2.45, 2.75) is 58.3 Å². The van der Waals surface area contributed by atoms with E-state index in [9.17, 15) is 0 Å². The fourth-order valence-electron chi connectivity index (χ4n) is 7.74. The van der Waals surface area contributed by atoms with E-state index in [0.717, 1.165) is 0 Å². The van der Waals surface area contributed by atoms with Gasteiger partial charge in [0.1, 0.15) is 0 Å². The smallest absolute Gasteiger partial charge is 0.0159 e. The summed E-state index contributed by atoms with van der Waals surface area (Å²) in [5.41, 5.74) is 12.2. The molecule has 210 valence electrons. The minimum absolute atomic E-state index is 0.0147. The van der Waals surface area contributed by atoms with E-state index in [1.165, 1.54) is 82.4 Å². The molecule has 0 saturated heterocycles. The third-order valence-corrected chi connectivity index (χ3v) is 10.5. The van der Waals surface area contributed by atoms with Crippen LogP contribution in [-0.4, -0.2) is 0 Å². The summed E-state index contributed by atoms with van der Waals surface area (Å²) >= 11 is 0. The maximum absolute atomic E-state index is 2.49. The second-order valence-electron chi connectivity index (χ2n) is 14.0. The molecular formula is C43H38. The fraction of sp³-hybridized carbons (Fsp3) is 0.209. The van der Waals surface area contributed by atoms with E-state index < -0.39 is 0 Å². The van der Waals surface area contributed by atoms with E-state index in [4.69, 9.17) is 0 Å². The normalized spacial score (nSPS) is 14.2. The summed E-state index contributed by atoms with van der Waals surface area (Å²) < 4.78 is 0. The Hall–Kier alpha value is -4.42. The number of hydrogen-bond donors (Lipinski definition) is 0. The molecule has 8 rings (SSSR count). The number of hydrogen-bond acceptors (Lipinski definition) is 0. The van der Waals surface area contributed by atoms with Gasteiger partial charge in [0.15, 0.2) is 0 Å². The van der Waals surface area contributed by atoms with Crippen molar-refractivity contribution in [2.24, 2.45) is 0 Å². The summed E-state index contributed by atoms with van der Waals surface area (Å²) in [4.78, 5) is 0. The van der Waals surface area contributed by atoms with Crippen molar-refractivity contribution in [2.75, 3.05) is 0 Å². The van der Waals surface area contributed by atoms with Gasteiger partial charge < -0.3 is 0 Å². The lowest BCUT2D eigenvalue weighted by atomic mass is 9.74. The zero-order valence-electron chi connectivity index (χ0n) is 26.0. The Bertz CT molecular complexity index is 2190. The molecule has 1 aliphatic rings. The predicted molar refractivity (Wildman–Crippen MR) is 186 cm³/mol. The number of benzene rings is 7. The van der Waals surface area contributed by atoms with Gasteiger partial charge in [-0.1, -0.05) is 151 Å². The number of fused-ring (bicyclic) bond motifs is 3. The highest BCUT2D eigenvalue weighted by atomic mass is 14.4. The maximum Gasteiger partial charge on any atom is 0.0159 e. The lowest BCUT2D eigenvalue weighted by molar-refractivity contribution is 0.626. The Morgan fingerprint density at radius 2 is 1.14 bits per heavy atom. The molecule has 0 spiro atoms. The Labute approximate surface area is 255 Å². The Morgan fingerprint density at radius 1 is 0.535 bits per heavy atom. The van der Waals surface area contributed by atoms with Crippen LogP contribution in [0.3, 0.4) is 0 Å². The molecule has 0 saturated carbocycles. The summed E-state index contributed by atoms with van der Waals surface area (Å²) in [6.45, 7) is 14.1. The van der Waals surface area contributed by atoms with Crippen LogP contribution in [0.25, 0.3) is 54.6 Å². The standard InChI is InChI=1S/C43H38/c1-26(2)30-17-21-34-35-22-20-33(25-39(35)43(5,6)38(34)24-30)42(3,4)32-18-15-27(16-19-32)37-23-31-11-7-9-28-13-14-29-10-8-12-36(37)41(29)40(28)31/h7-26H,1-6H3. The molecule has 0 fully saturated rings. The Kier molecular flexibility index (Phi) is 5.51. The van der Waals surface area contributed by atoms with E-state index in [0.29, 0.717) is 5.92 Å². The third kappa shape index (κ3) is 3.75. The third-order valence-electron chi connectivity index (χ3n) is 10.5. The van der Waals surface area contributed by atoms with E-state index in [1.54, 1.807) is 0 Å². The van der Waals surface area contributed by atoms with Gasteiger partial charge in [-0.2, -0.15) is 0 Å². The van der Waals surface area contributed by atoms with Crippen LogP contribution >= 0.6 is 0 Å². The van der Waals surface area contributed by atoms with E-state index in [1.807, 2.05) is 0 Å². The molecule has 43 heavy (non-hydrogen) atoms. The molecule has 1 aliphatic carbocycles. The van der Waals surface area contributed by atoms with Crippen molar-refractivity contribution in [3.05, 3.63) is 143 Å². The van der Waals surface area contributed by atoms with Crippen molar-refractivity contribution in [3.8, 4) is 22.3 Å². The van der Waals surface area contributed by atoms with Crippen molar-refractivity contribution in [1.29, 1.82) is 0 Å². The fourth-order valence-corrected chi connectivity index (χ4v) is 7.74. The van der Waals surface area contributed by atoms with Gasteiger partial charge in [0.05, 0.1) is 0 Å². The second kappa shape index (κ2) is 9.04. The Balaban J connectivity index is 1.19. The van der Waals surface area contributed by atoms with Gasteiger partial charge in [-0.3, -0.25) is 0 Å². The first-order chi connectivity index (χ1) is 20.6. The van der Waals surface area contributed by atoms with Crippen LogP contribution in [0, 0.1) is 0 Å². The van der Waals surface area contributed by atoms with Crippen molar-refractivity contribution < 1.29 is 0 Å². The minimum Gasteiger partial charge on any atom is -0.0610 e. The molecule has 0 amide bonds. The molecule has 0 atom stereocenters. The van der Waals surface area contributed by atoms with E-state index in [2.05, 4.69) is 157 Å². The first kappa shape index (κ1) is 26.2. The van der Waals surface area contributed by atoms with Gasteiger partial charge in [0, 0.05) is 10.8 Å². The minimum atomic E-state index is -0.124. The van der Waals surface area contributed by atoms with Crippen LogP contribution in [0.2, 0.25) is 0 Å². The molecule has 0 aliphatic heterocycles. The lowest BCUT2D eigenvalue weighted by Crippen LogP contribution is -2.21. The van der Waals surface area contributed by atoms with Crippen molar-refractivity contribution in [3.63, 3.8) is 0 Å². The highest BCUT2D eigenvalue weighted by molar-refractivity contribution is 6.26. The topological polar surface area (TPSA) is 0 Å². The molecule has 0 N–H and O–H groups in total. The van der Waals surface area contributed by atoms with Crippen molar-refractivity contribution >= 4 is 32.3 Å². The molecule has 0 heterocycles. The van der Waals surface area contributed by atoms with Gasteiger partial charge in [-0.25, -0.2) is 0 Å². The van der Waals surface area contributed by atoms with Crippen LogP contribution < -0.4 is 0 Å². The summed E-state index contributed by atoms with van der Waals surface area (Å²) in [7, 11) is 0. The van der Waals surface area contributed by atoms with Crippen LogP contribution in [0.15, 0.2) is 115 Å². The van der Waals surface area contributed by atoms with Crippen LogP contribution in [-0.2, 0) is 10.8 Å². The molecule has 0 nitrogen and oxygen atoms in total. The van der Waals surface area contributed by atoms with Crippen LogP contribution in [0.5, 0.6) is 0 Å². The molecule has 0 aromatic heterocycles. The van der Waals surface area contributed by atoms with Gasteiger partial charge >= 0.3 is 0 Å². The van der Waals surface area contributed by atoms with Gasteiger partial charge in [-0.15, -0.1) is 0 Å². The summed E-state index contributed by atoms with van der Waals surface area (Å²) in [5.74, 6) is 0.531. The van der Waals surface area contributed by atoms with Gasteiger partial charge in [0.25, 0.3) is 0 Å². The highest BCUT2D eigenvalue weighted by Gasteiger charge is 2.37. The van der Waals surface area contributed by atoms with Crippen LogP contribution in [0.1, 0.15) is 75.3 Å². The summed E-state index contributed by atoms with van der Waals surface area (Å²) in [6, 6.07) is 44.0. The zero-order valence-corrected chi connectivity index (χ0v) is 26.0. The average molecular weight is 555 g/mol. The molecule has 7 aromatic carbocycles. The molecule has 0 heteroatoms. The average Bonchev–Trinajstić information content (AvgIpc) is 3.25. The molecule has 0 bridgehead atoms. The molecule has 0 radical (unpaired) electrons. The second-order valence-corrected chi connectivity index (χ2v) is 14.0. The zero-order chi connectivity index (χ0) is 29.7. The van der Waals surface area contributed by atoms with E-state index >= 15 is 0 Å². The summed E-state index contributed by atoms with van der Waals surface area (Å²) in [6.07, 6.45) is 0. The highest BCUT2D eigenvalue weighted by Crippen LogP contribution is 2.51. The predicted octanol–water partition coefficient (Wildman–Crippen LogP) is 12.0. The SMILES string of the molecule is CC(C)c1ccc2c(c1)C(C)(C)c1cc(C(C)(C)c3ccc(-c4cc5cccc6ccc7cccc4c7c65)cc3)ccc1-2. The first-order valence-corrected chi connectivity index (χ1v) is 15.7. The summed E-state index contributed by atoms with van der Waals surface area (Å²) in [5, 5.41) is 8.01. The monoisotopic (exact) mass is 554 g/mol.